The van der Waals surface area contributed by atoms with E-state index in [-0.39, 0.29) is 11.5 Å². The molecule has 3 rings (SSSR count). The zero-order chi connectivity index (χ0) is 17.8. The summed E-state index contributed by atoms with van der Waals surface area (Å²) in [6.45, 7) is 2.53. The second-order valence-electron chi connectivity index (χ2n) is 6.18. The maximum atomic E-state index is 13.9. The summed E-state index contributed by atoms with van der Waals surface area (Å²) in [5.41, 5.74) is 1.90. The fourth-order valence-electron chi connectivity index (χ4n) is 3.12. The van der Waals surface area contributed by atoms with E-state index < -0.39 is 17.8 Å². The van der Waals surface area contributed by atoms with Crippen LogP contribution in [0.1, 0.15) is 35.7 Å². The number of anilines is 1. The minimum absolute atomic E-state index is 0.00880. The Balaban J connectivity index is 1.73. The molecule has 0 radical (unpaired) electrons. The SMILES string of the molecule is CCc1ccc(NC(=O)C2CCCN2C(=O)c2ccccc2F)cc1. The Labute approximate surface area is 146 Å². The lowest BCUT2D eigenvalue weighted by atomic mass is 10.1. The van der Waals surface area contributed by atoms with Crippen LogP contribution in [0.2, 0.25) is 0 Å². The highest BCUT2D eigenvalue weighted by Crippen LogP contribution is 2.23. The minimum Gasteiger partial charge on any atom is -0.327 e. The first-order valence-corrected chi connectivity index (χ1v) is 8.55. The molecular formula is C20H21FN2O2. The highest BCUT2D eigenvalue weighted by molar-refractivity contribution is 6.01. The van der Waals surface area contributed by atoms with Crippen molar-refractivity contribution in [2.24, 2.45) is 0 Å². The molecule has 0 bridgehead atoms. The first kappa shape index (κ1) is 17.1. The van der Waals surface area contributed by atoms with Crippen molar-refractivity contribution in [3.63, 3.8) is 0 Å². The summed E-state index contributed by atoms with van der Waals surface area (Å²) in [7, 11) is 0. The first-order valence-electron chi connectivity index (χ1n) is 8.55. The molecule has 0 aromatic heterocycles. The van der Waals surface area contributed by atoms with Crippen LogP contribution in [0.25, 0.3) is 0 Å². The van der Waals surface area contributed by atoms with Gasteiger partial charge in [-0.2, -0.15) is 0 Å². The number of amides is 2. The van der Waals surface area contributed by atoms with Crippen LogP contribution in [0.3, 0.4) is 0 Å². The summed E-state index contributed by atoms with van der Waals surface area (Å²) >= 11 is 0. The van der Waals surface area contributed by atoms with Crippen LogP contribution >= 0.6 is 0 Å². The van der Waals surface area contributed by atoms with Crippen molar-refractivity contribution in [1.82, 2.24) is 4.90 Å². The van der Waals surface area contributed by atoms with Gasteiger partial charge in [-0.3, -0.25) is 9.59 Å². The molecule has 1 unspecified atom stereocenters. The number of nitrogens with zero attached hydrogens (tertiary/aromatic N) is 1. The monoisotopic (exact) mass is 340 g/mol. The van der Waals surface area contributed by atoms with Gasteiger partial charge in [-0.25, -0.2) is 4.39 Å². The van der Waals surface area contributed by atoms with E-state index in [4.69, 9.17) is 0 Å². The summed E-state index contributed by atoms with van der Waals surface area (Å²) in [5, 5.41) is 2.86. The van der Waals surface area contributed by atoms with Gasteiger partial charge in [-0.1, -0.05) is 31.2 Å². The Morgan fingerprint density at radius 2 is 1.88 bits per heavy atom. The quantitative estimate of drug-likeness (QED) is 0.924. The second-order valence-corrected chi connectivity index (χ2v) is 6.18. The fraction of sp³-hybridized carbons (Fsp3) is 0.300. The van der Waals surface area contributed by atoms with Crippen LogP contribution in [0.15, 0.2) is 48.5 Å². The van der Waals surface area contributed by atoms with E-state index in [1.165, 1.54) is 22.6 Å². The summed E-state index contributed by atoms with van der Waals surface area (Å²) in [6.07, 6.45) is 2.24. The molecule has 0 aliphatic carbocycles. The lowest BCUT2D eigenvalue weighted by molar-refractivity contribution is -0.119. The number of aryl methyl sites for hydroxylation is 1. The van der Waals surface area contributed by atoms with Gasteiger partial charge < -0.3 is 10.2 Å². The number of nitrogens with one attached hydrogen (secondary N) is 1. The number of likely N-dealkylation sites (tertiary alicyclic amines) is 1. The van der Waals surface area contributed by atoms with Gasteiger partial charge in [0.15, 0.2) is 0 Å². The van der Waals surface area contributed by atoms with Gasteiger partial charge in [-0.05, 0) is 49.1 Å². The van der Waals surface area contributed by atoms with Crippen molar-refractivity contribution in [2.75, 3.05) is 11.9 Å². The van der Waals surface area contributed by atoms with E-state index in [0.29, 0.717) is 18.7 Å². The van der Waals surface area contributed by atoms with E-state index in [1.54, 1.807) is 12.1 Å². The predicted octanol–water partition coefficient (Wildman–Crippen LogP) is 3.63. The van der Waals surface area contributed by atoms with Crippen LogP contribution in [0, 0.1) is 5.82 Å². The van der Waals surface area contributed by atoms with E-state index in [1.807, 2.05) is 24.3 Å². The summed E-state index contributed by atoms with van der Waals surface area (Å²) in [6, 6.07) is 12.9. The Hall–Kier alpha value is -2.69. The van der Waals surface area contributed by atoms with Gasteiger partial charge in [0, 0.05) is 12.2 Å². The van der Waals surface area contributed by atoms with Gasteiger partial charge in [0.05, 0.1) is 5.56 Å². The molecule has 4 nitrogen and oxygen atoms in total. The third-order valence-electron chi connectivity index (χ3n) is 4.55. The molecular weight excluding hydrogens is 319 g/mol. The van der Waals surface area contributed by atoms with Crippen molar-refractivity contribution >= 4 is 17.5 Å². The van der Waals surface area contributed by atoms with Gasteiger partial charge in [0.2, 0.25) is 5.91 Å². The molecule has 25 heavy (non-hydrogen) atoms. The van der Waals surface area contributed by atoms with Crippen molar-refractivity contribution in [3.8, 4) is 0 Å². The van der Waals surface area contributed by atoms with Gasteiger partial charge in [0.25, 0.3) is 5.91 Å². The van der Waals surface area contributed by atoms with Crippen LogP contribution in [0.5, 0.6) is 0 Å². The molecule has 0 saturated carbocycles. The number of rotatable bonds is 4. The average molecular weight is 340 g/mol. The molecule has 1 heterocycles. The topological polar surface area (TPSA) is 49.4 Å². The maximum Gasteiger partial charge on any atom is 0.257 e. The molecule has 1 aliphatic heterocycles. The minimum atomic E-state index is -0.571. The highest BCUT2D eigenvalue weighted by Gasteiger charge is 2.35. The third kappa shape index (κ3) is 3.71. The van der Waals surface area contributed by atoms with Crippen molar-refractivity contribution < 1.29 is 14.0 Å². The second kappa shape index (κ2) is 7.47. The fourth-order valence-corrected chi connectivity index (χ4v) is 3.12. The lowest BCUT2D eigenvalue weighted by Crippen LogP contribution is -2.43. The predicted molar refractivity (Wildman–Crippen MR) is 94.9 cm³/mol. The van der Waals surface area contributed by atoms with Crippen LogP contribution < -0.4 is 5.32 Å². The van der Waals surface area contributed by atoms with Crippen molar-refractivity contribution in [3.05, 3.63) is 65.5 Å². The summed E-state index contributed by atoms with van der Waals surface area (Å²) in [4.78, 5) is 26.7. The largest absolute Gasteiger partial charge is 0.327 e. The number of halogens is 1. The Morgan fingerprint density at radius 1 is 1.16 bits per heavy atom. The van der Waals surface area contributed by atoms with E-state index >= 15 is 0 Å². The Bertz CT molecular complexity index is 774. The number of carbonyl (C=O) groups excluding carboxylic acids is 2. The van der Waals surface area contributed by atoms with E-state index in [9.17, 15) is 14.0 Å². The third-order valence-corrected chi connectivity index (χ3v) is 4.55. The lowest BCUT2D eigenvalue weighted by Gasteiger charge is -2.24. The molecule has 1 N–H and O–H groups in total. The molecule has 1 aliphatic rings. The molecule has 0 spiro atoms. The molecule has 1 atom stereocenters. The molecule has 2 amide bonds. The number of hydrogen-bond acceptors (Lipinski definition) is 2. The van der Waals surface area contributed by atoms with Crippen molar-refractivity contribution in [1.29, 1.82) is 0 Å². The Morgan fingerprint density at radius 3 is 2.56 bits per heavy atom. The maximum absolute atomic E-state index is 13.9. The van der Waals surface area contributed by atoms with E-state index in [0.717, 1.165) is 12.8 Å². The number of carbonyl (C=O) groups is 2. The van der Waals surface area contributed by atoms with Crippen molar-refractivity contribution in [2.45, 2.75) is 32.2 Å². The van der Waals surface area contributed by atoms with Gasteiger partial charge >= 0.3 is 0 Å². The van der Waals surface area contributed by atoms with Crippen LogP contribution in [-0.4, -0.2) is 29.3 Å². The zero-order valence-corrected chi connectivity index (χ0v) is 14.2. The molecule has 2 aromatic carbocycles. The first-order chi connectivity index (χ1) is 12.1. The normalized spacial score (nSPS) is 16.7. The average Bonchev–Trinajstić information content (AvgIpc) is 3.12. The Kier molecular flexibility index (Phi) is 5.12. The molecule has 1 saturated heterocycles. The smallest absolute Gasteiger partial charge is 0.257 e. The number of hydrogen-bond donors (Lipinski definition) is 1. The summed E-state index contributed by atoms with van der Waals surface area (Å²) < 4.78 is 13.9. The molecule has 5 heteroatoms. The van der Waals surface area contributed by atoms with Crippen LogP contribution in [0.4, 0.5) is 10.1 Å². The molecule has 1 fully saturated rings. The summed E-state index contributed by atoms with van der Waals surface area (Å²) in [5.74, 6) is -1.22. The zero-order valence-electron chi connectivity index (χ0n) is 14.2. The molecule has 130 valence electrons. The molecule has 2 aromatic rings. The standard InChI is InChI=1S/C20H21FN2O2/c1-2-14-9-11-15(12-10-14)22-19(24)18-8-5-13-23(18)20(25)16-6-3-4-7-17(16)21/h3-4,6-7,9-12,18H,2,5,8,13H2,1H3,(H,22,24). The van der Waals surface area contributed by atoms with Gasteiger partial charge in [-0.15, -0.1) is 0 Å². The van der Waals surface area contributed by atoms with E-state index in [2.05, 4.69) is 12.2 Å². The van der Waals surface area contributed by atoms with Crippen LogP contribution in [-0.2, 0) is 11.2 Å². The number of benzene rings is 2. The van der Waals surface area contributed by atoms with Gasteiger partial charge in [0.1, 0.15) is 11.9 Å². The highest BCUT2D eigenvalue weighted by atomic mass is 19.1.